The molecule has 0 saturated carbocycles. The molecule has 0 aliphatic carbocycles. The molecule has 108 valence electrons. The summed E-state index contributed by atoms with van der Waals surface area (Å²) in [7, 11) is 0. The Bertz CT molecular complexity index is 491. The van der Waals surface area contributed by atoms with E-state index in [0.29, 0.717) is 24.5 Å². The summed E-state index contributed by atoms with van der Waals surface area (Å²) < 4.78 is 0. The Labute approximate surface area is 124 Å². The van der Waals surface area contributed by atoms with Crippen LogP contribution >= 0.6 is 11.6 Å². The van der Waals surface area contributed by atoms with E-state index in [1.54, 1.807) is 11.0 Å². The first-order chi connectivity index (χ1) is 9.65. The van der Waals surface area contributed by atoms with Gasteiger partial charge in [-0.2, -0.15) is 0 Å². The number of nitrogens with one attached hydrogen (secondary N) is 1. The second-order valence-corrected chi connectivity index (χ2v) is 5.47. The molecule has 1 aliphatic heterocycles. The summed E-state index contributed by atoms with van der Waals surface area (Å²) in [6, 6.07) is 7.37. The molecule has 1 heterocycles. The van der Waals surface area contributed by atoms with E-state index in [-0.39, 0.29) is 18.4 Å². The Balaban J connectivity index is 1.81. The third-order valence-corrected chi connectivity index (χ3v) is 3.62. The van der Waals surface area contributed by atoms with Crippen molar-refractivity contribution in [2.24, 2.45) is 0 Å². The van der Waals surface area contributed by atoms with Crippen LogP contribution in [0.1, 0.15) is 31.2 Å². The third kappa shape index (κ3) is 4.53. The fourth-order valence-corrected chi connectivity index (χ4v) is 2.50. The first kappa shape index (κ1) is 14.9. The zero-order valence-corrected chi connectivity index (χ0v) is 12.2. The second kappa shape index (κ2) is 7.29. The van der Waals surface area contributed by atoms with Gasteiger partial charge in [-0.15, -0.1) is 0 Å². The number of benzene rings is 1. The van der Waals surface area contributed by atoms with Gasteiger partial charge in [-0.25, -0.2) is 0 Å². The number of amides is 2. The summed E-state index contributed by atoms with van der Waals surface area (Å²) in [4.78, 5) is 25.3. The van der Waals surface area contributed by atoms with Crippen LogP contribution in [0.4, 0.5) is 0 Å². The highest BCUT2D eigenvalue weighted by Crippen LogP contribution is 2.11. The zero-order chi connectivity index (χ0) is 14.4. The van der Waals surface area contributed by atoms with Crippen LogP contribution in [0, 0.1) is 0 Å². The topological polar surface area (TPSA) is 49.4 Å². The van der Waals surface area contributed by atoms with Crippen molar-refractivity contribution in [1.82, 2.24) is 10.2 Å². The summed E-state index contributed by atoms with van der Waals surface area (Å²) in [5, 5.41) is 3.48. The van der Waals surface area contributed by atoms with Gasteiger partial charge < -0.3 is 10.2 Å². The molecule has 1 N–H and O–H groups in total. The molecule has 0 unspecified atom stereocenters. The maximum atomic E-state index is 11.9. The lowest BCUT2D eigenvalue weighted by Crippen LogP contribution is -2.40. The molecule has 0 spiro atoms. The van der Waals surface area contributed by atoms with E-state index < -0.39 is 0 Å². The summed E-state index contributed by atoms with van der Waals surface area (Å²) in [6.07, 6.45) is 3.53. The Hall–Kier alpha value is -1.55. The average Bonchev–Trinajstić information content (AvgIpc) is 2.62. The van der Waals surface area contributed by atoms with Crippen molar-refractivity contribution in [3.05, 3.63) is 34.9 Å². The maximum Gasteiger partial charge on any atom is 0.239 e. The standard InChI is InChI=1S/C15H19ClN2O2/c16-13-6-4-5-12(9-13)10-17-14(19)11-18-8-3-1-2-7-15(18)20/h4-6,9H,1-3,7-8,10-11H2,(H,17,19). The van der Waals surface area contributed by atoms with Crippen LogP contribution in [-0.4, -0.2) is 29.8 Å². The van der Waals surface area contributed by atoms with Crippen LogP contribution in [0.25, 0.3) is 0 Å². The molecule has 5 heteroatoms. The minimum atomic E-state index is -0.125. The fourth-order valence-electron chi connectivity index (χ4n) is 2.28. The highest BCUT2D eigenvalue weighted by Gasteiger charge is 2.18. The maximum absolute atomic E-state index is 11.9. The van der Waals surface area contributed by atoms with E-state index in [2.05, 4.69) is 5.32 Å². The predicted molar refractivity (Wildman–Crippen MR) is 78.3 cm³/mol. The number of rotatable bonds is 4. The summed E-state index contributed by atoms with van der Waals surface area (Å²) >= 11 is 5.89. The molecule has 0 aromatic heterocycles. The lowest BCUT2D eigenvalue weighted by atomic mass is 10.2. The lowest BCUT2D eigenvalue weighted by molar-refractivity contribution is -0.135. The zero-order valence-electron chi connectivity index (χ0n) is 11.4. The Morgan fingerprint density at radius 3 is 2.95 bits per heavy atom. The largest absolute Gasteiger partial charge is 0.350 e. The summed E-state index contributed by atoms with van der Waals surface area (Å²) in [5.74, 6) is -0.0411. The molecule has 0 radical (unpaired) electrons. The molecule has 1 aromatic carbocycles. The van der Waals surface area contributed by atoms with Crippen LogP contribution in [0.5, 0.6) is 0 Å². The molecule has 20 heavy (non-hydrogen) atoms. The van der Waals surface area contributed by atoms with Crippen molar-refractivity contribution in [2.45, 2.75) is 32.2 Å². The van der Waals surface area contributed by atoms with Crippen LogP contribution in [-0.2, 0) is 16.1 Å². The van der Waals surface area contributed by atoms with Crippen LogP contribution < -0.4 is 5.32 Å². The van der Waals surface area contributed by atoms with Crippen LogP contribution in [0.2, 0.25) is 5.02 Å². The van der Waals surface area contributed by atoms with Crippen molar-refractivity contribution in [2.75, 3.05) is 13.1 Å². The molecule has 2 rings (SSSR count). The van der Waals surface area contributed by atoms with Gasteiger partial charge in [-0.1, -0.05) is 30.2 Å². The lowest BCUT2D eigenvalue weighted by Gasteiger charge is -2.19. The van der Waals surface area contributed by atoms with Crippen molar-refractivity contribution in [1.29, 1.82) is 0 Å². The van der Waals surface area contributed by atoms with Crippen molar-refractivity contribution < 1.29 is 9.59 Å². The van der Waals surface area contributed by atoms with Crippen molar-refractivity contribution in [3.63, 3.8) is 0 Å². The highest BCUT2D eigenvalue weighted by atomic mass is 35.5. The van der Waals surface area contributed by atoms with Gasteiger partial charge >= 0.3 is 0 Å². The number of hydrogen-bond donors (Lipinski definition) is 1. The molecule has 4 nitrogen and oxygen atoms in total. The molecular formula is C15H19ClN2O2. The van der Waals surface area contributed by atoms with Gasteiger partial charge in [-0.3, -0.25) is 9.59 Å². The minimum Gasteiger partial charge on any atom is -0.350 e. The Morgan fingerprint density at radius 1 is 1.30 bits per heavy atom. The molecule has 1 aliphatic rings. The van der Waals surface area contributed by atoms with E-state index in [1.165, 1.54) is 0 Å². The fraction of sp³-hybridized carbons (Fsp3) is 0.467. The average molecular weight is 295 g/mol. The molecule has 1 aromatic rings. The third-order valence-electron chi connectivity index (χ3n) is 3.38. The van der Waals surface area contributed by atoms with Gasteiger partial charge in [0, 0.05) is 24.5 Å². The first-order valence-electron chi connectivity index (χ1n) is 6.94. The van der Waals surface area contributed by atoms with E-state index in [9.17, 15) is 9.59 Å². The second-order valence-electron chi connectivity index (χ2n) is 5.03. The van der Waals surface area contributed by atoms with Crippen LogP contribution in [0.15, 0.2) is 24.3 Å². The molecule has 0 bridgehead atoms. The molecular weight excluding hydrogens is 276 g/mol. The van der Waals surface area contributed by atoms with E-state index in [1.807, 2.05) is 18.2 Å². The number of carbonyl (C=O) groups excluding carboxylic acids is 2. The monoisotopic (exact) mass is 294 g/mol. The Morgan fingerprint density at radius 2 is 2.15 bits per heavy atom. The molecule has 1 fully saturated rings. The smallest absolute Gasteiger partial charge is 0.239 e. The molecule has 2 amide bonds. The normalized spacial score (nSPS) is 15.8. The van der Waals surface area contributed by atoms with Gasteiger partial charge in [0.05, 0.1) is 6.54 Å². The predicted octanol–water partition coefficient (Wildman–Crippen LogP) is 2.36. The highest BCUT2D eigenvalue weighted by molar-refractivity contribution is 6.30. The van der Waals surface area contributed by atoms with Gasteiger partial charge in [0.2, 0.25) is 11.8 Å². The number of nitrogens with zero attached hydrogens (tertiary/aromatic N) is 1. The number of carbonyl (C=O) groups is 2. The van der Waals surface area contributed by atoms with Crippen molar-refractivity contribution >= 4 is 23.4 Å². The van der Waals surface area contributed by atoms with Gasteiger partial charge in [0.15, 0.2) is 0 Å². The summed E-state index contributed by atoms with van der Waals surface area (Å²) in [6.45, 7) is 1.27. The SMILES string of the molecule is O=C(CN1CCCCCC1=O)NCc1cccc(Cl)c1. The number of hydrogen-bond acceptors (Lipinski definition) is 2. The van der Waals surface area contributed by atoms with Crippen molar-refractivity contribution in [3.8, 4) is 0 Å². The van der Waals surface area contributed by atoms with Gasteiger partial charge in [0.25, 0.3) is 0 Å². The minimum absolute atomic E-state index is 0.0837. The first-order valence-corrected chi connectivity index (χ1v) is 7.32. The number of likely N-dealkylation sites (tertiary alicyclic amines) is 1. The summed E-state index contributed by atoms with van der Waals surface area (Å²) in [5.41, 5.74) is 0.952. The van der Waals surface area contributed by atoms with E-state index in [4.69, 9.17) is 11.6 Å². The Kier molecular flexibility index (Phi) is 5.41. The quantitative estimate of drug-likeness (QED) is 0.927. The molecule has 0 atom stereocenters. The molecule has 1 saturated heterocycles. The van der Waals surface area contributed by atoms with E-state index in [0.717, 1.165) is 24.8 Å². The number of halogens is 1. The van der Waals surface area contributed by atoms with Crippen LogP contribution in [0.3, 0.4) is 0 Å². The van der Waals surface area contributed by atoms with Gasteiger partial charge in [-0.05, 0) is 30.5 Å². The van der Waals surface area contributed by atoms with E-state index >= 15 is 0 Å². The van der Waals surface area contributed by atoms with Gasteiger partial charge in [0.1, 0.15) is 0 Å².